The van der Waals surface area contributed by atoms with E-state index >= 15 is 0 Å². The maximum absolute atomic E-state index is 12.3. The molecule has 0 aliphatic rings. The van der Waals surface area contributed by atoms with E-state index in [0.29, 0.717) is 31.2 Å². The van der Waals surface area contributed by atoms with Gasteiger partial charge in [0.25, 0.3) is 5.91 Å². The number of fused-ring (bicyclic) bond motifs is 1. The molecule has 0 fully saturated rings. The van der Waals surface area contributed by atoms with Crippen molar-refractivity contribution >= 4 is 44.9 Å². The lowest BCUT2D eigenvalue weighted by Gasteiger charge is -2.06. The molecule has 1 aromatic carbocycles. The van der Waals surface area contributed by atoms with Gasteiger partial charge in [0, 0.05) is 24.1 Å². The fourth-order valence-electron chi connectivity index (χ4n) is 2.58. The number of hydrogen-bond donors (Lipinski definition) is 0. The van der Waals surface area contributed by atoms with Gasteiger partial charge in [0.05, 0.1) is 23.4 Å². The summed E-state index contributed by atoms with van der Waals surface area (Å²) in [5, 5.41) is 1.98. The van der Waals surface area contributed by atoms with Gasteiger partial charge in [-0.3, -0.25) is 4.79 Å². The molecule has 2 aromatic heterocycles. The van der Waals surface area contributed by atoms with Crippen molar-refractivity contribution in [2.45, 2.75) is 20.4 Å². The van der Waals surface area contributed by atoms with Gasteiger partial charge in [0.1, 0.15) is 5.75 Å². The third kappa shape index (κ3) is 5.15. The van der Waals surface area contributed by atoms with E-state index in [1.165, 1.54) is 17.4 Å². The summed E-state index contributed by atoms with van der Waals surface area (Å²) in [5.41, 5.74) is 1.02. The fraction of sp³-hybridized carbons (Fsp3) is 0.300. The minimum absolute atomic E-state index is 0.273. The summed E-state index contributed by atoms with van der Waals surface area (Å²) in [5.74, 6) is 0.545. The quantitative estimate of drug-likeness (QED) is 0.416. The molecule has 7 heteroatoms. The molecule has 0 unspecified atom stereocenters. The summed E-state index contributed by atoms with van der Waals surface area (Å²) in [6.07, 6.45) is 3.30. The molecular formula is C20H22N2O3S2. The normalized spacial score (nSPS) is 12.3. The van der Waals surface area contributed by atoms with E-state index in [-0.39, 0.29) is 5.91 Å². The maximum Gasteiger partial charge on any atom is 0.272 e. The van der Waals surface area contributed by atoms with Crippen molar-refractivity contribution in [3.63, 3.8) is 0 Å². The lowest BCUT2D eigenvalue weighted by Crippen LogP contribution is -2.19. The lowest BCUT2D eigenvalue weighted by atomic mass is 10.3. The molecule has 0 aliphatic heterocycles. The Morgan fingerprint density at radius 1 is 1.26 bits per heavy atom. The zero-order valence-corrected chi connectivity index (χ0v) is 17.0. The van der Waals surface area contributed by atoms with E-state index in [1.54, 1.807) is 17.4 Å². The first-order valence-electron chi connectivity index (χ1n) is 8.85. The summed E-state index contributed by atoms with van der Waals surface area (Å²) < 4.78 is 14.1. The number of ether oxygens (including phenoxy) is 2. The Kier molecular flexibility index (Phi) is 6.98. The average molecular weight is 403 g/mol. The largest absolute Gasteiger partial charge is 0.494 e. The molecule has 27 heavy (non-hydrogen) atoms. The first kappa shape index (κ1) is 19.5. The van der Waals surface area contributed by atoms with Gasteiger partial charge >= 0.3 is 0 Å². The minimum atomic E-state index is -0.273. The standard InChI is InChI=1S/C20H22N2O3S2/c1-3-24-12-11-22-17-9-7-15(25-4-2)14-18(17)27-20(22)21-19(23)10-8-16-6-5-13-26-16/h5-10,13-14H,3-4,11-12H2,1-2H3. The molecule has 0 atom stereocenters. The van der Waals surface area contributed by atoms with Gasteiger partial charge in [0.15, 0.2) is 4.80 Å². The van der Waals surface area contributed by atoms with Crippen molar-refractivity contribution < 1.29 is 14.3 Å². The van der Waals surface area contributed by atoms with Crippen LogP contribution in [-0.4, -0.2) is 30.3 Å². The summed E-state index contributed by atoms with van der Waals surface area (Å²) in [7, 11) is 0. The molecule has 0 aliphatic carbocycles. The van der Waals surface area contributed by atoms with Crippen LogP contribution < -0.4 is 9.54 Å². The first-order chi connectivity index (χ1) is 13.2. The molecule has 3 aromatic rings. The average Bonchev–Trinajstić information content (AvgIpc) is 3.28. The highest BCUT2D eigenvalue weighted by atomic mass is 32.1. The van der Waals surface area contributed by atoms with Gasteiger partial charge in [-0.05, 0) is 49.6 Å². The second-order valence-electron chi connectivity index (χ2n) is 5.59. The van der Waals surface area contributed by atoms with Crippen molar-refractivity contribution in [2.24, 2.45) is 4.99 Å². The van der Waals surface area contributed by atoms with Gasteiger partial charge in [-0.2, -0.15) is 4.99 Å². The Bertz CT molecular complexity index is 984. The number of nitrogens with zero attached hydrogens (tertiary/aromatic N) is 2. The number of amides is 1. The van der Waals surface area contributed by atoms with Crippen LogP contribution in [0.25, 0.3) is 16.3 Å². The first-order valence-corrected chi connectivity index (χ1v) is 10.5. The summed E-state index contributed by atoms with van der Waals surface area (Å²) in [6, 6.07) is 9.86. The number of thiazole rings is 1. The van der Waals surface area contributed by atoms with Crippen molar-refractivity contribution in [2.75, 3.05) is 19.8 Å². The van der Waals surface area contributed by atoms with E-state index in [9.17, 15) is 4.79 Å². The van der Waals surface area contributed by atoms with E-state index < -0.39 is 0 Å². The van der Waals surface area contributed by atoms with Crippen LogP contribution in [0.5, 0.6) is 5.75 Å². The maximum atomic E-state index is 12.3. The van der Waals surface area contributed by atoms with Crippen molar-refractivity contribution in [1.82, 2.24) is 4.57 Å². The van der Waals surface area contributed by atoms with Gasteiger partial charge in [-0.25, -0.2) is 0 Å². The number of carbonyl (C=O) groups is 1. The van der Waals surface area contributed by atoms with Gasteiger partial charge in [-0.15, -0.1) is 11.3 Å². The second kappa shape index (κ2) is 9.64. The van der Waals surface area contributed by atoms with Crippen LogP contribution in [0.2, 0.25) is 0 Å². The molecule has 1 amide bonds. The van der Waals surface area contributed by atoms with E-state index in [0.717, 1.165) is 20.8 Å². The fourth-order valence-corrected chi connectivity index (χ4v) is 4.29. The van der Waals surface area contributed by atoms with Gasteiger partial charge in [-0.1, -0.05) is 17.4 Å². The monoisotopic (exact) mass is 402 g/mol. The molecule has 0 bridgehead atoms. The summed E-state index contributed by atoms with van der Waals surface area (Å²) >= 11 is 3.07. The molecule has 0 spiro atoms. The Morgan fingerprint density at radius 2 is 2.15 bits per heavy atom. The van der Waals surface area contributed by atoms with Crippen LogP contribution in [0.3, 0.4) is 0 Å². The van der Waals surface area contributed by atoms with Crippen molar-refractivity contribution in [1.29, 1.82) is 0 Å². The van der Waals surface area contributed by atoms with Gasteiger partial charge in [0.2, 0.25) is 0 Å². The second-order valence-corrected chi connectivity index (χ2v) is 7.58. The lowest BCUT2D eigenvalue weighted by molar-refractivity contribution is -0.113. The molecule has 5 nitrogen and oxygen atoms in total. The van der Waals surface area contributed by atoms with Crippen LogP contribution in [0.4, 0.5) is 0 Å². The highest BCUT2D eigenvalue weighted by Crippen LogP contribution is 2.23. The molecule has 0 N–H and O–H groups in total. The number of benzene rings is 1. The zero-order chi connectivity index (χ0) is 19.1. The Hall–Kier alpha value is -2.22. The third-order valence-corrected chi connectivity index (χ3v) is 5.65. The van der Waals surface area contributed by atoms with Crippen LogP contribution in [-0.2, 0) is 16.1 Å². The van der Waals surface area contributed by atoms with Crippen LogP contribution >= 0.6 is 22.7 Å². The van der Waals surface area contributed by atoms with E-state index in [1.807, 2.05) is 54.1 Å². The third-order valence-electron chi connectivity index (χ3n) is 3.77. The van der Waals surface area contributed by atoms with E-state index in [4.69, 9.17) is 9.47 Å². The minimum Gasteiger partial charge on any atom is -0.494 e. The molecule has 0 radical (unpaired) electrons. The van der Waals surface area contributed by atoms with Crippen molar-refractivity contribution in [3.8, 4) is 5.75 Å². The predicted octanol–water partition coefficient (Wildman–Crippen LogP) is 4.34. The number of thiophene rings is 1. The number of carbonyl (C=O) groups excluding carboxylic acids is 1. The Labute approximate surface area is 166 Å². The van der Waals surface area contributed by atoms with Gasteiger partial charge < -0.3 is 14.0 Å². The summed E-state index contributed by atoms with van der Waals surface area (Å²) in [6.45, 7) is 6.41. The SMILES string of the molecule is CCOCCn1c(=NC(=O)C=Cc2cccs2)sc2cc(OCC)ccc21. The number of rotatable bonds is 8. The highest BCUT2D eigenvalue weighted by molar-refractivity contribution is 7.16. The topological polar surface area (TPSA) is 52.8 Å². The molecule has 0 saturated heterocycles. The molecular weight excluding hydrogens is 380 g/mol. The van der Waals surface area contributed by atoms with Crippen molar-refractivity contribution in [3.05, 3.63) is 51.5 Å². The van der Waals surface area contributed by atoms with E-state index in [2.05, 4.69) is 4.99 Å². The van der Waals surface area contributed by atoms with Crippen LogP contribution in [0.1, 0.15) is 18.7 Å². The summed E-state index contributed by atoms with van der Waals surface area (Å²) in [4.78, 5) is 18.3. The highest BCUT2D eigenvalue weighted by Gasteiger charge is 2.09. The Morgan fingerprint density at radius 3 is 2.89 bits per heavy atom. The van der Waals surface area contributed by atoms with Crippen LogP contribution in [0, 0.1) is 0 Å². The van der Waals surface area contributed by atoms with Crippen LogP contribution in [0.15, 0.2) is 46.8 Å². The molecule has 142 valence electrons. The Balaban J connectivity index is 1.95. The molecule has 2 heterocycles. The zero-order valence-electron chi connectivity index (χ0n) is 15.4. The number of aromatic nitrogens is 1. The predicted molar refractivity (Wildman–Crippen MR) is 111 cm³/mol. The number of hydrogen-bond acceptors (Lipinski definition) is 5. The smallest absolute Gasteiger partial charge is 0.272 e. The molecule has 3 rings (SSSR count). The molecule has 0 saturated carbocycles.